The molecule has 1 aromatic heterocycles. The van der Waals surface area contributed by atoms with Gasteiger partial charge in [-0.15, -0.1) is 6.42 Å². The highest BCUT2D eigenvalue weighted by molar-refractivity contribution is 5.83. The Morgan fingerprint density at radius 1 is 0.971 bits per heavy atom. The number of imidazole rings is 1. The molecule has 3 aromatic carbocycles. The minimum atomic E-state index is 0.0106. The standard InChI is InChI=1S/C28H28N6O/c1-3-16-35-22-8-4-19(5-9-22)27-29-23-10-6-20(17-25(23)31-27)28-30-24-11-7-21(18-26(24)32-28)34-14-12-33(2)13-15-34/h1,4-11,17-18,28,30,32H,12-16H2,2H3,(H,29,31). The van der Waals surface area contributed by atoms with Crippen molar-refractivity contribution in [3.8, 4) is 29.5 Å². The predicted molar refractivity (Wildman–Crippen MR) is 142 cm³/mol. The molecule has 3 heterocycles. The normalized spacial score (nSPS) is 17.5. The van der Waals surface area contributed by atoms with Crippen molar-refractivity contribution >= 4 is 28.1 Å². The van der Waals surface area contributed by atoms with Gasteiger partial charge < -0.3 is 30.2 Å². The van der Waals surface area contributed by atoms with Crippen LogP contribution in [0.1, 0.15) is 11.7 Å². The average Bonchev–Trinajstić information content (AvgIpc) is 3.51. The molecule has 2 aliphatic heterocycles. The van der Waals surface area contributed by atoms with Gasteiger partial charge >= 0.3 is 0 Å². The van der Waals surface area contributed by atoms with Crippen molar-refractivity contribution in [3.05, 3.63) is 66.2 Å². The van der Waals surface area contributed by atoms with Crippen LogP contribution in [0, 0.1) is 12.3 Å². The Bertz CT molecular complexity index is 1400. The molecule has 0 spiro atoms. The van der Waals surface area contributed by atoms with Crippen molar-refractivity contribution in [3.63, 3.8) is 0 Å². The van der Waals surface area contributed by atoms with Crippen LogP contribution in [-0.4, -0.2) is 54.7 Å². The largest absolute Gasteiger partial charge is 0.481 e. The molecule has 1 unspecified atom stereocenters. The fourth-order valence-corrected chi connectivity index (χ4v) is 4.73. The van der Waals surface area contributed by atoms with Crippen LogP contribution in [-0.2, 0) is 0 Å². The second-order valence-electron chi connectivity index (χ2n) is 9.12. The smallest absolute Gasteiger partial charge is 0.148 e. The first-order chi connectivity index (χ1) is 17.2. The van der Waals surface area contributed by atoms with Gasteiger partial charge in [0.25, 0.3) is 0 Å². The molecule has 0 radical (unpaired) electrons. The monoisotopic (exact) mass is 464 g/mol. The Labute approximate surface area is 205 Å². The van der Waals surface area contributed by atoms with Crippen LogP contribution in [0.3, 0.4) is 0 Å². The van der Waals surface area contributed by atoms with Gasteiger partial charge in [-0.2, -0.15) is 0 Å². The summed E-state index contributed by atoms with van der Waals surface area (Å²) in [4.78, 5) is 13.1. The third-order valence-electron chi connectivity index (χ3n) is 6.76. The van der Waals surface area contributed by atoms with E-state index in [-0.39, 0.29) is 12.8 Å². The summed E-state index contributed by atoms with van der Waals surface area (Å²) in [5.41, 5.74) is 7.64. The number of H-pyrrole nitrogens is 1. The Morgan fingerprint density at radius 2 is 1.77 bits per heavy atom. The Hall–Kier alpha value is -4.15. The van der Waals surface area contributed by atoms with Gasteiger partial charge in [-0.05, 0) is 67.2 Å². The van der Waals surface area contributed by atoms with Crippen LogP contribution in [0.2, 0.25) is 0 Å². The average molecular weight is 465 g/mol. The van der Waals surface area contributed by atoms with Crippen LogP contribution in [0.5, 0.6) is 5.75 Å². The summed E-state index contributed by atoms with van der Waals surface area (Å²) in [7, 11) is 2.18. The minimum absolute atomic E-state index is 0.0106. The van der Waals surface area contributed by atoms with Crippen molar-refractivity contribution in [1.29, 1.82) is 0 Å². The SMILES string of the molecule is C#CCOc1ccc(-c2nc3ccc(C4Nc5ccc(N6CCN(C)CC6)cc5N4)cc3[nH]2)cc1. The van der Waals surface area contributed by atoms with Gasteiger partial charge in [-0.25, -0.2) is 4.98 Å². The second kappa shape index (κ2) is 8.90. The summed E-state index contributed by atoms with van der Waals surface area (Å²) in [6.07, 6.45) is 5.27. The molecular formula is C28H28N6O. The highest BCUT2D eigenvalue weighted by Gasteiger charge is 2.23. The van der Waals surface area contributed by atoms with Gasteiger partial charge in [-0.1, -0.05) is 12.0 Å². The molecule has 4 aromatic rings. The number of benzene rings is 3. The maximum atomic E-state index is 5.47. The minimum Gasteiger partial charge on any atom is -0.481 e. The number of piperazine rings is 1. The first kappa shape index (κ1) is 21.4. The topological polar surface area (TPSA) is 68.5 Å². The van der Waals surface area contributed by atoms with Crippen LogP contribution >= 0.6 is 0 Å². The molecule has 35 heavy (non-hydrogen) atoms. The zero-order chi connectivity index (χ0) is 23.8. The molecule has 6 rings (SSSR count). The third-order valence-corrected chi connectivity index (χ3v) is 6.76. The van der Waals surface area contributed by atoms with Crippen molar-refractivity contribution in [2.24, 2.45) is 0 Å². The lowest BCUT2D eigenvalue weighted by Crippen LogP contribution is -2.44. The molecule has 7 heteroatoms. The molecule has 176 valence electrons. The van der Waals surface area contributed by atoms with E-state index >= 15 is 0 Å². The van der Waals surface area contributed by atoms with E-state index in [1.807, 2.05) is 24.3 Å². The zero-order valence-corrected chi connectivity index (χ0v) is 19.7. The molecule has 0 bridgehead atoms. The van der Waals surface area contributed by atoms with Gasteiger partial charge in [0.15, 0.2) is 0 Å². The van der Waals surface area contributed by atoms with E-state index < -0.39 is 0 Å². The summed E-state index contributed by atoms with van der Waals surface area (Å²) in [5, 5.41) is 7.27. The fraction of sp³-hybridized carbons (Fsp3) is 0.250. The molecule has 7 nitrogen and oxygen atoms in total. The summed E-state index contributed by atoms with van der Waals surface area (Å²) in [5.74, 6) is 4.05. The van der Waals surface area contributed by atoms with Crippen LogP contribution in [0.15, 0.2) is 60.7 Å². The van der Waals surface area contributed by atoms with Gasteiger partial charge in [-0.3, -0.25) is 0 Å². The number of ether oxygens (including phenoxy) is 1. The van der Waals surface area contributed by atoms with Crippen molar-refractivity contribution in [2.45, 2.75) is 6.17 Å². The highest BCUT2D eigenvalue weighted by atomic mass is 16.5. The quantitative estimate of drug-likeness (QED) is 0.377. The van der Waals surface area contributed by atoms with Gasteiger partial charge in [0.05, 0.1) is 22.4 Å². The number of anilines is 3. The van der Waals surface area contributed by atoms with Crippen LogP contribution < -0.4 is 20.3 Å². The number of nitrogens with one attached hydrogen (secondary N) is 3. The lowest BCUT2D eigenvalue weighted by molar-refractivity contribution is 0.313. The molecule has 1 atom stereocenters. The van der Waals surface area contributed by atoms with Crippen molar-refractivity contribution in [1.82, 2.24) is 14.9 Å². The number of aromatic nitrogens is 2. The first-order valence-electron chi connectivity index (χ1n) is 11.9. The number of aromatic amines is 1. The Kier molecular flexibility index (Phi) is 5.44. The van der Waals surface area contributed by atoms with Crippen molar-refractivity contribution in [2.75, 3.05) is 55.4 Å². The van der Waals surface area contributed by atoms with Crippen LogP contribution in [0.4, 0.5) is 17.1 Å². The summed E-state index contributed by atoms with van der Waals surface area (Å²) < 4.78 is 5.47. The van der Waals surface area contributed by atoms with E-state index in [9.17, 15) is 0 Å². The fourth-order valence-electron chi connectivity index (χ4n) is 4.73. The summed E-state index contributed by atoms with van der Waals surface area (Å²) >= 11 is 0. The number of hydrogen-bond acceptors (Lipinski definition) is 6. The number of fused-ring (bicyclic) bond motifs is 2. The van der Waals surface area contributed by atoms with E-state index in [0.717, 1.165) is 71.3 Å². The highest BCUT2D eigenvalue weighted by Crippen LogP contribution is 2.38. The number of likely N-dealkylation sites (N-methyl/N-ethyl adjacent to an activating group) is 1. The lowest BCUT2D eigenvalue weighted by atomic mass is 10.1. The predicted octanol–water partition coefficient (Wildman–Crippen LogP) is 4.53. The number of hydrogen-bond donors (Lipinski definition) is 3. The molecule has 0 aliphatic carbocycles. The molecular weight excluding hydrogens is 436 g/mol. The number of rotatable bonds is 5. The van der Waals surface area contributed by atoms with E-state index in [0.29, 0.717) is 0 Å². The van der Waals surface area contributed by atoms with Crippen LogP contribution in [0.25, 0.3) is 22.4 Å². The maximum absolute atomic E-state index is 5.47. The van der Waals surface area contributed by atoms with E-state index in [2.05, 4.69) is 74.8 Å². The summed E-state index contributed by atoms with van der Waals surface area (Å²) in [6, 6.07) is 20.8. The molecule has 2 aliphatic rings. The van der Waals surface area contributed by atoms with Gasteiger partial charge in [0, 0.05) is 37.4 Å². The number of terminal acetylenes is 1. The zero-order valence-electron chi connectivity index (χ0n) is 19.7. The molecule has 0 amide bonds. The second-order valence-corrected chi connectivity index (χ2v) is 9.12. The Morgan fingerprint density at radius 3 is 2.57 bits per heavy atom. The number of nitrogens with zero attached hydrogens (tertiary/aromatic N) is 3. The molecule has 1 fully saturated rings. The van der Waals surface area contributed by atoms with Gasteiger partial charge in [0.1, 0.15) is 24.3 Å². The van der Waals surface area contributed by atoms with E-state index in [1.54, 1.807) is 0 Å². The van der Waals surface area contributed by atoms with E-state index in [1.165, 1.54) is 5.69 Å². The third kappa shape index (κ3) is 4.25. The molecule has 0 saturated carbocycles. The Balaban J connectivity index is 1.19. The molecule has 1 saturated heterocycles. The van der Waals surface area contributed by atoms with E-state index in [4.69, 9.17) is 16.1 Å². The first-order valence-corrected chi connectivity index (χ1v) is 11.9. The molecule has 3 N–H and O–H groups in total. The van der Waals surface area contributed by atoms with Crippen molar-refractivity contribution < 1.29 is 4.74 Å². The van der Waals surface area contributed by atoms with Gasteiger partial charge in [0.2, 0.25) is 0 Å². The lowest BCUT2D eigenvalue weighted by Gasteiger charge is -2.34. The maximum Gasteiger partial charge on any atom is 0.148 e. The summed E-state index contributed by atoms with van der Waals surface area (Å²) in [6.45, 7) is 4.58.